The fourth-order valence-electron chi connectivity index (χ4n) is 1.65. The van der Waals surface area contributed by atoms with Crippen LogP contribution in [0.1, 0.15) is 33.6 Å². The molecule has 2 atom stereocenters. The first-order valence-electron chi connectivity index (χ1n) is 6.27. The largest absolute Gasteiger partial charge is 0.352 e. The van der Waals surface area contributed by atoms with Gasteiger partial charge in [-0.15, -0.1) is 0 Å². The summed E-state index contributed by atoms with van der Waals surface area (Å²) in [5.41, 5.74) is 0. The second kappa shape index (κ2) is 6.73. The normalized spacial score (nSPS) is 14.1. The molecular weight excluding hydrogens is 250 g/mol. The maximum atomic E-state index is 5.88. The fourth-order valence-corrected chi connectivity index (χ4v) is 1.81. The zero-order chi connectivity index (χ0) is 13.7. The smallest absolute Gasteiger partial charge is 0.230 e. The molecule has 18 heavy (non-hydrogen) atoms. The maximum Gasteiger partial charge on any atom is 0.230 e. The van der Waals surface area contributed by atoms with Crippen molar-refractivity contribution in [3.8, 4) is 0 Å². The lowest BCUT2D eigenvalue weighted by Crippen LogP contribution is -2.21. The van der Waals surface area contributed by atoms with E-state index in [1.54, 1.807) is 4.90 Å². The predicted octanol–water partition coefficient (Wildman–Crippen LogP) is 2.83. The standard InChI is InChI=1S/C12H22ClN5/c1-6-8(2)7-9(3)14-11-15-10(13)16-12(17-11)18(4)5/h8-9H,6-7H2,1-5H3,(H,14,15,16,17). The Labute approximate surface area is 114 Å². The molecule has 0 aliphatic carbocycles. The van der Waals surface area contributed by atoms with E-state index in [2.05, 4.69) is 41.0 Å². The summed E-state index contributed by atoms with van der Waals surface area (Å²) < 4.78 is 0. The van der Waals surface area contributed by atoms with Crippen LogP contribution in [0.25, 0.3) is 0 Å². The number of hydrogen-bond acceptors (Lipinski definition) is 5. The molecule has 0 aliphatic rings. The summed E-state index contributed by atoms with van der Waals surface area (Å²) in [5.74, 6) is 1.78. The van der Waals surface area contributed by atoms with Crippen LogP contribution in [0.3, 0.4) is 0 Å². The van der Waals surface area contributed by atoms with E-state index >= 15 is 0 Å². The van der Waals surface area contributed by atoms with Gasteiger partial charge in [-0.25, -0.2) is 0 Å². The molecule has 0 aliphatic heterocycles. The first-order chi connectivity index (χ1) is 8.42. The fraction of sp³-hybridized carbons (Fsp3) is 0.750. The second-order valence-corrected chi connectivity index (χ2v) is 5.26. The molecule has 1 aromatic rings. The van der Waals surface area contributed by atoms with E-state index in [9.17, 15) is 0 Å². The van der Waals surface area contributed by atoms with Crippen molar-refractivity contribution in [3.05, 3.63) is 5.28 Å². The highest BCUT2D eigenvalue weighted by molar-refractivity contribution is 6.28. The Hall–Kier alpha value is -1.10. The van der Waals surface area contributed by atoms with Crippen LogP contribution >= 0.6 is 11.6 Å². The lowest BCUT2D eigenvalue weighted by atomic mass is 10.0. The summed E-state index contributed by atoms with van der Waals surface area (Å²) in [4.78, 5) is 14.3. The van der Waals surface area contributed by atoms with Crippen molar-refractivity contribution in [2.45, 2.75) is 39.7 Å². The zero-order valence-electron chi connectivity index (χ0n) is 11.7. The third kappa shape index (κ3) is 4.64. The Morgan fingerprint density at radius 2 is 1.89 bits per heavy atom. The highest BCUT2D eigenvalue weighted by atomic mass is 35.5. The minimum absolute atomic E-state index is 0.215. The van der Waals surface area contributed by atoms with Crippen LogP contribution in [0.15, 0.2) is 0 Å². The number of nitrogens with zero attached hydrogens (tertiary/aromatic N) is 4. The Morgan fingerprint density at radius 1 is 1.22 bits per heavy atom. The molecule has 102 valence electrons. The second-order valence-electron chi connectivity index (χ2n) is 4.92. The van der Waals surface area contributed by atoms with Crippen molar-refractivity contribution < 1.29 is 0 Å². The molecule has 0 bridgehead atoms. The number of rotatable bonds is 6. The Kier molecular flexibility index (Phi) is 5.59. The molecule has 0 amide bonds. The van der Waals surface area contributed by atoms with Crippen LogP contribution in [0, 0.1) is 5.92 Å². The number of nitrogens with one attached hydrogen (secondary N) is 1. The van der Waals surface area contributed by atoms with Gasteiger partial charge in [-0.2, -0.15) is 15.0 Å². The van der Waals surface area contributed by atoms with E-state index in [-0.39, 0.29) is 5.28 Å². The van der Waals surface area contributed by atoms with Gasteiger partial charge in [0.1, 0.15) is 0 Å². The number of anilines is 2. The summed E-state index contributed by atoms with van der Waals surface area (Å²) in [6.07, 6.45) is 2.25. The monoisotopic (exact) mass is 271 g/mol. The molecule has 2 unspecified atom stereocenters. The lowest BCUT2D eigenvalue weighted by Gasteiger charge is -2.18. The average Bonchev–Trinajstić information content (AvgIpc) is 2.27. The van der Waals surface area contributed by atoms with Crippen molar-refractivity contribution in [2.24, 2.45) is 5.92 Å². The molecule has 1 N–H and O–H groups in total. The summed E-state index contributed by atoms with van der Waals surface area (Å²) in [6, 6.07) is 0.313. The molecule has 0 saturated heterocycles. The van der Waals surface area contributed by atoms with E-state index in [0.717, 1.165) is 6.42 Å². The van der Waals surface area contributed by atoms with E-state index < -0.39 is 0 Å². The topological polar surface area (TPSA) is 53.9 Å². The van der Waals surface area contributed by atoms with Gasteiger partial charge in [0, 0.05) is 20.1 Å². The molecule has 1 heterocycles. The van der Waals surface area contributed by atoms with Gasteiger partial charge in [-0.05, 0) is 30.9 Å². The van der Waals surface area contributed by atoms with Crippen LogP contribution in [-0.2, 0) is 0 Å². The van der Waals surface area contributed by atoms with Gasteiger partial charge in [-0.1, -0.05) is 20.3 Å². The number of aromatic nitrogens is 3. The van der Waals surface area contributed by atoms with Crippen molar-refractivity contribution in [1.82, 2.24) is 15.0 Å². The van der Waals surface area contributed by atoms with Gasteiger partial charge in [0.2, 0.25) is 17.2 Å². The molecule has 0 aromatic carbocycles. The Balaban J connectivity index is 2.72. The third-order valence-electron chi connectivity index (χ3n) is 2.82. The first kappa shape index (κ1) is 15.0. The van der Waals surface area contributed by atoms with E-state index in [1.165, 1.54) is 6.42 Å². The lowest BCUT2D eigenvalue weighted by molar-refractivity contribution is 0.482. The molecule has 0 saturated carbocycles. The summed E-state index contributed by atoms with van der Waals surface area (Å²) in [5, 5.41) is 3.48. The van der Waals surface area contributed by atoms with Crippen LogP contribution < -0.4 is 10.2 Å². The Bertz CT molecular complexity index is 383. The van der Waals surface area contributed by atoms with Gasteiger partial charge in [-0.3, -0.25) is 0 Å². The van der Waals surface area contributed by atoms with Crippen LogP contribution in [-0.4, -0.2) is 35.1 Å². The predicted molar refractivity (Wildman–Crippen MR) is 76.3 cm³/mol. The summed E-state index contributed by atoms with van der Waals surface area (Å²) in [6.45, 7) is 6.56. The maximum absolute atomic E-state index is 5.88. The van der Waals surface area contributed by atoms with Crippen molar-refractivity contribution in [3.63, 3.8) is 0 Å². The van der Waals surface area contributed by atoms with Gasteiger partial charge < -0.3 is 10.2 Å². The van der Waals surface area contributed by atoms with E-state index in [4.69, 9.17) is 11.6 Å². The zero-order valence-corrected chi connectivity index (χ0v) is 12.5. The molecule has 0 radical (unpaired) electrons. The highest BCUT2D eigenvalue weighted by Crippen LogP contribution is 2.15. The molecule has 0 spiro atoms. The first-order valence-corrected chi connectivity index (χ1v) is 6.65. The van der Waals surface area contributed by atoms with Gasteiger partial charge in [0.25, 0.3) is 0 Å². The van der Waals surface area contributed by atoms with Gasteiger partial charge in [0.15, 0.2) is 0 Å². The quantitative estimate of drug-likeness (QED) is 0.862. The van der Waals surface area contributed by atoms with Gasteiger partial charge in [0.05, 0.1) is 0 Å². The Morgan fingerprint density at radius 3 is 2.44 bits per heavy atom. The average molecular weight is 272 g/mol. The van der Waals surface area contributed by atoms with Crippen molar-refractivity contribution >= 4 is 23.5 Å². The molecule has 1 aromatic heterocycles. The molecule has 1 rings (SSSR count). The van der Waals surface area contributed by atoms with Crippen LogP contribution in [0.2, 0.25) is 5.28 Å². The van der Waals surface area contributed by atoms with Crippen molar-refractivity contribution in [2.75, 3.05) is 24.3 Å². The minimum Gasteiger partial charge on any atom is -0.352 e. The van der Waals surface area contributed by atoms with E-state index in [1.807, 2.05) is 14.1 Å². The summed E-state index contributed by atoms with van der Waals surface area (Å²) >= 11 is 5.88. The third-order valence-corrected chi connectivity index (χ3v) is 2.99. The van der Waals surface area contributed by atoms with Crippen molar-refractivity contribution in [1.29, 1.82) is 0 Å². The highest BCUT2D eigenvalue weighted by Gasteiger charge is 2.11. The minimum atomic E-state index is 0.215. The molecule has 5 nitrogen and oxygen atoms in total. The molecule has 0 fully saturated rings. The van der Waals surface area contributed by atoms with Gasteiger partial charge >= 0.3 is 0 Å². The molecular formula is C12H22ClN5. The SMILES string of the molecule is CCC(C)CC(C)Nc1nc(Cl)nc(N(C)C)n1. The van der Waals surface area contributed by atoms with Crippen LogP contribution in [0.4, 0.5) is 11.9 Å². The van der Waals surface area contributed by atoms with Crippen LogP contribution in [0.5, 0.6) is 0 Å². The van der Waals surface area contributed by atoms with E-state index in [0.29, 0.717) is 23.9 Å². The number of hydrogen-bond donors (Lipinski definition) is 1. The number of halogens is 1. The summed E-state index contributed by atoms with van der Waals surface area (Å²) in [7, 11) is 3.75. The molecule has 6 heteroatoms.